The van der Waals surface area contributed by atoms with E-state index < -0.39 is 0 Å². The molecule has 0 N–H and O–H groups in total. The van der Waals surface area contributed by atoms with Gasteiger partial charge in [-0.25, -0.2) is 0 Å². The van der Waals surface area contributed by atoms with Crippen LogP contribution in [0.25, 0.3) is 33.7 Å². The lowest BCUT2D eigenvalue weighted by molar-refractivity contribution is 0.317. The van der Waals surface area contributed by atoms with E-state index in [1.807, 2.05) is 60.7 Å². The van der Waals surface area contributed by atoms with Crippen molar-refractivity contribution in [1.29, 1.82) is 0 Å². The highest BCUT2D eigenvalue weighted by Crippen LogP contribution is 2.25. The molecule has 0 aliphatic heterocycles. The van der Waals surface area contributed by atoms with Crippen LogP contribution < -0.4 is 14.8 Å². The highest BCUT2D eigenvalue weighted by Gasteiger charge is 2.13. The molecule has 2 aromatic carbocycles. The second kappa shape index (κ2) is 8.61. The summed E-state index contributed by atoms with van der Waals surface area (Å²) in [4.78, 5) is 17.9. The highest BCUT2D eigenvalue weighted by molar-refractivity contribution is 7.15. The molecule has 8 heteroatoms. The summed E-state index contributed by atoms with van der Waals surface area (Å²) in [5, 5.41) is 5.03. The van der Waals surface area contributed by atoms with Crippen LogP contribution in [0.5, 0.6) is 5.75 Å². The Kier molecular flexibility index (Phi) is 5.51. The van der Waals surface area contributed by atoms with Gasteiger partial charge in [0.15, 0.2) is 5.82 Å². The average molecular weight is 464 g/mol. The number of furan rings is 1. The SMILES string of the molecule is CCCOc1ccc(-c2nc3s/c(=C\c4ccc(-c5cccc(Cl)c5)o4)c(=O)n3n2)cc1. The predicted molar refractivity (Wildman–Crippen MR) is 126 cm³/mol. The van der Waals surface area contributed by atoms with E-state index in [-0.39, 0.29) is 5.56 Å². The second-order valence-corrected chi connectivity index (χ2v) is 8.58. The molecule has 0 aliphatic rings. The summed E-state index contributed by atoms with van der Waals surface area (Å²) in [6, 6.07) is 18.6. The van der Waals surface area contributed by atoms with Crippen molar-refractivity contribution in [2.45, 2.75) is 13.3 Å². The molecule has 0 saturated carbocycles. The third-order valence-electron chi connectivity index (χ3n) is 4.78. The van der Waals surface area contributed by atoms with Crippen LogP contribution in [0.3, 0.4) is 0 Å². The van der Waals surface area contributed by atoms with Crippen molar-refractivity contribution in [2.24, 2.45) is 0 Å². The summed E-state index contributed by atoms with van der Waals surface area (Å²) >= 11 is 7.33. The molecular formula is C24H18ClN3O3S. The van der Waals surface area contributed by atoms with Gasteiger partial charge in [0.2, 0.25) is 4.96 Å². The molecule has 0 aliphatic carbocycles. The molecule has 32 heavy (non-hydrogen) atoms. The number of halogens is 1. The molecule has 0 saturated heterocycles. The summed E-state index contributed by atoms with van der Waals surface area (Å²) in [5.74, 6) is 2.56. The lowest BCUT2D eigenvalue weighted by atomic mass is 10.2. The minimum Gasteiger partial charge on any atom is -0.494 e. The van der Waals surface area contributed by atoms with Crippen molar-refractivity contribution in [1.82, 2.24) is 14.6 Å². The van der Waals surface area contributed by atoms with Gasteiger partial charge in [0.05, 0.1) is 6.61 Å². The number of benzene rings is 2. The molecule has 0 atom stereocenters. The number of fused-ring (bicyclic) bond motifs is 1. The standard InChI is InChI=1S/C24H18ClN3O3S/c1-2-12-30-18-8-6-15(7-9-18)22-26-24-28(27-22)23(29)21(32-24)14-19-10-11-20(31-19)16-4-3-5-17(25)13-16/h3-11,13-14H,2,12H2,1H3/b21-14-. The van der Waals surface area contributed by atoms with Gasteiger partial charge in [0, 0.05) is 22.2 Å². The molecule has 0 radical (unpaired) electrons. The number of nitrogens with zero attached hydrogens (tertiary/aromatic N) is 3. The topological polar surface area (TPSA) is 69.6 Å². The van der Waals surface area contributed by atoms with Gasteiger partial charge in [-0.15, -0.1) is 5.10 Å². The van der Waals surface area contributed by atoms with Gasteiger partial charge in [0.1, 0.15) is 21.8 Å². The third-order valence-corrected chi connectivity index (χ3v) is 5.97. The summed E-state index contributed by atoms with van der Waals surface area (Å²) in [6.07, 6.45) is 2.66. The van der Waals surface area contributed by atoms with E-state index in [2.05, 4.69) is 17.0 Å². The Balaban J connectivity index is 1.43. The first-order chi connectivity index (χ1) is 15.6. The van der Waals surface area contributed by atoms with Crippen LogP contribution in [0.4, 0.5) is 0 Å². The molecule has 0 spiro atoms. The van der Waals surface area contributed by atoms with Gasteiger partial charge >= 0.3 is 0 Å². The Morgan fingerprint density at radius 1 is 1.12 bits per heavy atom. The molecule has 0 amide bonds. The van der Waals surface area contributed by atoms with E-state index in [1.54, 1.807) is 6.08 Å². The van der Waals surface area contributed by atoms with Crippen molar-refractivity contribution in [3.8, 4) is 28.5 Å². The van der Waals surface area contributed by atoms with E-state index in [9.17, 15) is 4.79 Å². The predicted octanol–water partition coefficient (Wildman–Crippen LogP) is 5.07. The zero-order valence-corrected chi connectivity index (χ0v) is 18.7. The Morgan fingerprint density at radius 3 is 2.72 bits per heavy atom. The number of hydrogen-bond acceptors (Lipinski definition) is 6. The smallest absolute Gasteiger partial charge is 0.291 e. The van der Waals surface area contributed by atoms with Crippen LogP contribution in [-0.4, -0.2) is 21.2 Å². The van der Waals surface area contributed by atoms with Gasteiger partial charge in [-0.1, -0.05) is 42.0 Å². The quantitative estimate of drug-likeness (QED) is 0.351. The number of aromatic nitrogens is 3. The van der Waals surface area contributed by atoms with Gasteiger partial charge in [-0.2, -0.15) is 9.50 Å². The lowest BCUT2D eigenvalue weighted by Crippen LogP contribution is -2.23. The normalized spacial score (nSPS) is 12.0. The maximum absolute atomic E-state index is 12.8. The Morgan fingerprint density at radius 2 is 1.97 bits per heavy atom. The summed E-state index contributed by atoms with van der Waals surface area (Å²) in [6.45, 7) is 2.74. The molecule has 3 heterocycles. The zero-order valence-electron chi connectivity index (χ0n) is 17.1. The number of hydrogen-bond donors (Lipinski definition) is 0. The highest BCUT2D eigenvalue weighted by atomic mass is 35.5. The van der Waals surface area contributed by atoms with E-state index in [0.29, 0.717) is 38.5 Å². The van der Waals surface area contributed by atoms with E-state index in [0.717, 1.165) is 23.3 Å². The van der Waals surface area contributed by atoms with Crippen LogP contribution in [0.1, 0.15) is 19.1 Å². The first-order valence-electron chi connectivity index (χ1n) is 10.1. The second-order valence-electron chi connectivity index (χ2n) is 7.13. The van der Waals surface area contributed by atoms with Crippen molar-refractivity contribution in [2.75, 3.05) is 6.61 Å². The molecule has 5 rings (SSSR count). The molecule has 0 fully saturated rings. The molecule has 0 bridgehead atoms. The van der Waals surface area contributed by atoms with Crippen molar-refractivity contribution in [3.05, 3.63) is 86.3 Å². The van der Waals surface area contributed by atoms with Crippen LogP contribution in [0, 0.1) is 0 Å². The van der Waals surface area contributed by atoms with Crippen molar-refractivity contribution >= 4 is 34.0 Å². The van der Waals surface area contributed by atoms with E-state index in [4.69, 9.17) is 20.8 Å². The fourth-order valence-corrected chi connectivity index (χ4v) is 4.31. The molecular weight excluding hydrogens is 446 g/mol. The number of thiazole rings is 1. The van der Waals surface area contributed by atoms with Crippen LogP contribution in [-0.2, 0) is 0 Å². The van der Waals surface area contributed by atoms with Crippen LogP contribution >= 0.6 is 22.9 Å². The van der Waals surface area contributed by atoms with Gasteiger partial charge < -0.3 is 9.15 Å². The minimum absolute atomic E-state index is 0.229. The first-order valence-corrected chi connectivity index (χ1v) is 11.3. The maximum atomic E-state index is 12.8. The van der Waals surface area contributed by atoms with E-state index >= 15 is 0 Å². The molecule has 3 aromatic heterocycles. The molecule has 160 valence electrons. The monoisotopic (exact) mass is 463 g/mol. The Bertz CT molecular complexity index is 1500. The molecule has 5 aromatic rings. The summed E-state index contributed by atoms with van der Waals surface area (Å²) in [7, 11) is 0. The first kappa shape index (κ1) is 20.5. The van der Waals surface area contributed by atoms with Gasteiger partial charge in [-0.3, -0.25) is 4.79 Å². The van der Waals surface area contributed by atoms with Gasteiger partial charge in [-0.05, 0) is 55.0 Å². The average Bonchev–Trinajstić information content (AvgIpc) is 3.50. The summed E-state index contributed by atoms with van der Waals surface area (Å²) in [5.41, 5.74) is 1.47. The Labute approximate surface area is 192 Å². The van der Waals surface area contributed by atoms with Crippen LogP contribution in [0.2, 0.25) is 5.02 Å². The van der Waals surface area contributed by atoms with Crippen molar-refractivity contribution < 1.29 is 9.15 Å². The lowest BCUT2D eigenvalue weighted by Gasteiger charge is -2.04. The minimum atomic E-state index is -0.229. The van der Waals surface area contributed by atoms with Crippen LogP contribution in [0.15, 0.2) is 69.9 Å². The summed E-state index contributed by atoms with van der Waals surface area (Å²) < 4.78 is 13.3. The largest absolute Gasteiger partial charge is 0.494 e. The Hall–Kier alpha value is -3.42. The maximum Gasteiger partial charge on any atom is 0.291 e. The van der Waals surface area contributed by atoms with E-state index in [1.165, 1.54) is 15.9 Å². The van der Waals surface area contributed by atoms with Crippen molar-refractivity contribution in [3.63, 3.8) is 0 Å². The zero-order chi connectivity index (χ0) is 22.1. The molecule has 6 nitrogen and oxygen atoms in total. The van der Waals surface area contributed by atoms with Gasteiger partial charge in [0.25, 0.3) is 5.56 Å². The third kappa shape index (κ3) is 4.04. The number of rotatable bonds is 6. The molecule has 0 unspecified atom stereocenters. The fraction of sp³-hybridized carbons (Fsp3) is 0.125. The number of ether oxygens (including phenoxy) is 1. The fourth-order valence-electron chi connectivity index (χ4n) is 3.23.